The molecule has 0 heterocycles. The number of hydrogen-bond donors (Lipinski definition) is 1. The molecule has 0 fully saturated rings. The van der Waals surface area contributed by atoms with Crippen molar-refractivity contribution in [3.8, 4) is 0 Å². The maximum Gasteiger partial charge on any atom is 0.322 e. The third-order valence-corrected chi connectivity index (χ3v) is 3.75. The molecule has 2 aromatic carbocycles. The van der Waals surface area contributed by atoms with Gasteiger partial charge < -0.3 is 15.0 Å². The molecule has 0 aliphatic rings. The molecule has 7 heteroatoms. The van der Waals surface area contributed by atoms with Crippen LogP contribution in [0.25, 0.3) is 0 Å². The Morgan fingerprint density at radius 1 is 1.12 bits per heavy atom. The molecule has 6 nitrogen and oxygen atoms in total. The number of esters is 1. The molecule has 24 heavy (non-hydrogen) atoms. The second kappa shape index (κ2) is 9.17. The van der Waals surface area contributed by atoms with E-state index in [1.807, 2.05) is 37.3 Å². The van der Waals surface area contributed by atoms with Crippen molar-refractivity contribution in [3.63, 3.8) is 0 Å². The lowest BCUT2D eigenvalue weighted by Gasteiger charge is -2.06. The van der Waals surface area contributed by atoms with Gasteiger partial charge in [-0.15, -0.1) is 0 Å². The molecule has 0 aliphatic carbocycles. The van der Waals surface area contributed by atoms with Gasteiger partial charge in [-0.25, -0.2) is 8.42 Å². The molecule has 0 spiro atoms. The molecule has 0 amide bonds. The lowest BCUT2D eigenvalue weighted by molar-refractivity contribution is -0.146. The summed E-state index contributed by atoms with van der Waals surface area (Å²) < 4.78 is 36.1. The summed E-state index contributed by atoms with van der Waals surface area (Å²) in [6.45, 7) is 3.72. The summed E-state index contributed by atoms with van der Waals surface area (Å²) in [6, 6.07) is 14.7. The van der Waals surface area contributed by atoms with Crippen molar-refractivity contribution in [2.24, 2.45) is 5.73 Å². The quantitative estimate of drug-likeness (QED) is 0.667. The van der Waals surface area contributed by atoms with E-state index in [-0.39, 0.29) is 10.9 Å². The Morgan fingerprint density at radius 2 is 1.67 bits per heavy atom. The highest BCUT2D eigenvalue weighted by molar-refractivity contribution is 7.85. The maximum atomic E-state index is 11.0. The third-order valence-electron chi connectivity index (χ3n) is 2.91. The van der Waals surface area contributed by atoms with Crippen LogP contribution >= 0.6 is 0 Å². The van der Waals surface area contributed by atoms with Gasteiger partial charge >= 0.3 is 5.97 Å². The number of nitrogens with two attached hydrogens (primary N) is 1. The van der Waals surface area contributed by atoms with Crippen LogP contribution in [0.2, 0.25) is 0 Å². The molecule has 2 N–H and O–H groups in total. The highest BCUT2D eigenvalue weighted by Gasteiger charge is 2.07. The minimum atomic E-state index is -4.27. The number of hydrogen-bond acceptors (Lipinski definition) is 6. The van der Waals surface area contributed by atoms with Crippen LogP contribution in [-0.4, -0.2) is 25.0 Å². The Labute approximate surface area is 142 Å². The van der Waals surface area contributed by atoms with Crippen LogP contribution in [0.5, 0.6) is 0 Å². The smallest absolute Gasteiger partial charge is 0.322 e. The van der Waals surface area contributed by atoms with Crippen molar-refractivity contribution in [2.45, 2.75) is 31.4 Å². The van der Waals surface area contributed by atoms with E-state index in [4.69, 9.17) is 10.5 Å². The van der Waals surface area contributed by atoms with Crippen LogP contribution in [0.15, 0.2) is 59.5 Å². The highest BCUT2D eigenvalue weighted by Crippen LogP contribution is 2.08. The van der Waals surface area contributed by atoms with E-state index in [0.29, 0.717) is 6.61 Å². The molecule has 0 aromatic heterocycles. The monoisotopic (exact) mass is 350 g/mol. The van der Waals surface area contributed by atoms with Crippen molar-refractivity contribution < 1.29 is 22.5 Å². The molecule has 0 bridgehead atoms. The van der Waals surface area contributed by atoms with Crippen molar-refractivity contribution in [2.75, 3.05) is 0 Å². The molecule has 1 atom stereocenters. The van der Waals surface area contributed by atoms with Gasteiger partial charge in [0.2, 0.25) is 0 Å². The average Bonchev–Trinajstić information content (AvgIpc) is 2.53. The third kappa shape index (κ3) is 7.36. The van der Waals surface area contributed by atoms with E-state index in [1.165, 1.54) is 12.1 Å². The number of carbonyl (C=O) groups excluding carboxylic acids is 1. The summed E-state index contributed by atoms with van der Waals surface area (Å²) in [5.41, 5.74) is 7.22. The normalized spacial score (nSPS) is 11.8. The van der Waals surface area contributed by atoms with Gasteiger partial charge in [0.15, 0.2) is 0 Å². The largest absolute Gasteiger partial charge is 0.744 e. The van der Waals surface area contributed by atoms with Crippen LogP contribution < -0.4 is 5.73 Å². The number of aryl methyl sites for hydroxylation is 1. The molecule has 2 rings (SSSR count). The lowest BCUT2D eigenvalue weighted by Crippen LogP contribution is -2.28. The van der Waals surface area contributed by atoms with Gasteiger partial charge in [0.05, 0.1) is 4.90 Å². The Balaban J connectivity index is 0.000000243. The van der Waals surface area contributed by atoms with Gasteiger partial charge in [-0.3, -0.25) is 4.79 Å². The Kier molecular flexibility index (Phi) is 7.57. The second-order valence-corrected chi connectivity index (χ2v) is 6.53. The average molecular weight is 350 g/mol. The number of benzene rings is 2. The maximum absolute atomic E-state index is 11.0. The first-order valence-corrected chi connectivity index (χ1v) is 8.59. The Hall–Kier alpha value is -2.22. The van der Waals surface area contributed by atoms with E-state index < -0.39 is 16.2 Å². The number of rotatable bonds is 4. The second-order valence-electron chi connectivity index (χ2n) is 5.15. The summed E-state index contributed by atoms with van der Waals surface area (Å²) in [4.78, 5) is 10.8. The zero-order chi connectivity index (χ0) is 18.2. The van der Waals surface area contributed by atoms with E-state index in [1.54, 1.807) is 19.1 Å². The van der Waals surface area contributed by atoms with Gasteiger partial charge in [-0.2, -0.15) is 0 Å². The first-order valence-electron chi connectivity index (χ1n) is 7.19. The van der Waals surface area contributed by atoms with Gasteiger partial charge in [-0.05, 0) is 31.5 Å². The van der Waals surface area contributed by atoms with Crippen LogP contribution in [0.1, 0.15) is 18.1 Å². The van der Waals surface area contributed by atoms with E-state index in [2.05, 4.69) is 0 Å². The molecule has 1 unspecified atom stereocenters. The van der Waals surface area contributed by atoms with Gasteiger partial charge in [0, 0.05) is 0 Å². The van der Waals surface area contributed by atoms with Crippen LogP contribution in [-0.2, 0) is 26.3 Å². The van der Waals surface area contributed by atoms with Crippen LogP contribution in [0.4, 0.5) is 0 Å². The Bertz CT molecular complexity index is 740. The molecule has 2 aromatic rings. The fourth-order valence-electron chi connectivity index (χ4n) is 1.57. The minimum absolute atomic E-state index is 0.178. The number of ether oxygens (including phenoxy) is 1. The fraction of sp³-hybridized carbons (Fsp3) is 0.235. The fourth-order valence-corrected chi connectivity index (χ4v) is 2.03. The van der Waals surface area contributed by atoms with Crippen molar-refractivity contribution in [1.82, 2.24) is 0 Å². The number of carbonyl (C=O) groups is 1. The summed E-state index contributed by atoms with van der Waals surface area (Å²) in [5, 5.41) is 0. The molecule has 130 valence electrons. The predicted molar refractivity (Wildman–Crippen MR) is 89.0 cm³/mol. The molecule has 0 radical (unpaired) electrons. The van der Waals surface area contributed by atoms with Crippen molar-refractivity contribution in [1.29, 1.82) is 0 Å². The molecular weight excluding hydrogens is 330 g/mol. The van der Waals surface area contributed by atoms with Crippen LogP contribution in [0, 0.1) is 6.92 Å². The predicted octanol–water partition coefficient (Wildman–Crippen LogP) is 1.98. The zero-order valence-corrected chi connectivity index (χ0v) is 14.3. The van der Waals surface area contributed by atoms with E-state index >= 15 is 0 Å². The van der Waals surface area contributed by atoms with Crippen LogP contribution in [0.3, 0.4) is 0 Å². The first kappa shape index (κ1) is 19.8. The topological polar surface area (TPSA) is 110 Å². The van der Waals surface area contributed by atoms with E-state index in [9.17, 15) is 17.8 Å². The Morgan fingerprint density at radius 3 is 2.12 bits per heavy atom. The van der Waals surface area contributed by atoms with Crippen molar-refractivity contribution >= 4 is 16.1 Å². The summed E-state index contributed by atoms with van der Waals surface area (Å²) >= 11 is 0. The molecule has 0 saturated carbocycles. The zero-order valence-electron chi connectivity index (χ0n) is 13.5. The standard InChI is InChI=1S/C10H13NO2.C7H8O3S/c1-8(11)10(12)13-7-9-5-3-2-4-6-9;1-6-2-4-7(5-3-6)11(8,9)10/h2-6,8H,7,11H2,1H3;2-5H,1H3,(H,8,9,10)/p-1. The van der Waals surface area contributed by atoms with Gasteiger partial charge in [0.1, 0.15) is 22.8 Å². The van der Waals surface area contributed by atoms with Crippen molar-refractivity contribution in [3.05, 3.63) is 65.7 Å². The van der Waals surface area contributed by atoms with E-state index in [0.717, 1.165) is 11.1 Å². The molecule has 0 aliphatic heterocycles. The first-order chi connectivity index (χ1) is 11.2. The summed E-state index contributed by atoms with van der Waals surface area (Å²) in [7, 11) is -4.27. The summed E-state index contributed by atoms with van der Waals surface area (Å²) in [5.74, 6) is -0.371. The van der Waals surface area contributed by atoms with Gasteiger partial charge in [-0.1, -0.05) is 48.0 Å². The minimum Gasteiger partial charge on any atom is -0.744 e. The lowest BCUT2D eigenvalue weighted by atomic mass is 10.2. The molecular formula is C17H20NO5S-. The summed E-state index contributed by atoms with van der Waals surface area (Å²) in [6.07, 6.45) is 0. The highest BCUT2D eigenvalue weighted by atomic mass is 32.2. The van der Waals surface area contributed by atoms with Gasteiger partial charge in [0.25, 0.3) is 0 Å². The SMILES string of the molecule is CC(N)C(=O)OCc1ccccc1.Cc1ccc(S(=O)(=O)[O-])cc1. The molecule has 0 saturated heterocycles.